The minimum Gasteiger partial charge on any atom is -0.325 e. The first kappa shape index (κ1) is 10.8. The van der Waals surface area contributed by atoms with E-state index in [-0.39, 0.29) is 5.82 Å². The Morgan fingerprint density at radius 1 is 1.31 bits per heavy atom. The number of rotatable bonds is 2. The van der Waals surface area contributed by atoms with Crippen LogP contribution in [0.3, 0.4) is 0 Å². The smallest absolute Gasteiger partial charge is 0.325 e. The molecule has 0 bridgehead atoms. The predicted octanol–water partition coefficient (Wildman–Crippen LogP) is 2.41. The fourth-order valence-electron chi connectivity index (χ4n) is 1.44. The van der Waals surface area contributed by atoms with Crippen molar-refractivity contribution in [3.63, 3.8) is 0 Å². The molecule has 0 spiro atoms. The number of halogens is 3. The monoisotopic (exact) mass is 230 g/mol. The highest BCUT2D eigenvalue weighted by molar-refractivity contribution is 5.64. The number of nitrogens with one attached hydrogen (secondary N) is 1. The third-order valence-corrected chi connectivity index (χ3v) is 2.16. The SMILES string of the molecule is CC(CC(F)(F)F)c1nc2nccnc2[nH]1. The molecule has 0 saturated carbocycles. The second-order valence-electron chi connectivity index (χ2n) is 3.57. The van der Waals surface area contributed by atoms with Crippen LogP contribution in [-0.4, -0.2) is 26.1 Å². The van der Waals surface area contributed by atoms with E-state index in [4.69, 9.17) is 0 Å². The zero-order valence-electron chi connectivity index (χ0n) is 8.41. The Hall–Kier alpha value is -1.66. The van der Waals surface area contributed by atoms with Crippen LogP contribution in [-0.2, 0) is 0 Å². The maximum atomic E-state index is 12.2. The second kappa shape index (κ2) is 3.73. The molecule has 0 aliphatic carbocycles. The summed E-state index contributed by atoms with van der Waals surface area (Å²) in [5.41, 5.74) is 0.748. The van der Waals surface area contributed by atoms with Crippen LogP contribution in [0.2, 0.25) is 0 Å². The molecular weight excluding hydrogens is 221 g/mol. The van der Waals surface area contributed by atoms with Crippen molar-refractivity contribution in [3.8, 4) is 0 Å². The third-order valence-electron chi connectivity index (χ3n) is 2.16. The lowest BCUT2D eigenvalue weighted by molar-refractivity contribution is -0.138. The highest BCUT2D eigenvalue weighted by Gasteiger charge is 2.31. The zero-order chi connectivity index (χ0) is 11.8. The van der Waals surface area contributed by atoms with Crippen LogP contribution < -0.4 is 0 Å². The summed E-state index contributed by atoms with van der Waals surface area (Å²) in [6.07, 6.45) is -2.20. The molecular formula is C9H9F3N4. The number of nitrogens with zero attached hydrogens (tertiary/aromatic N) is 3. The minimum absolute atomic E-state index is 0.263. The molecule has 86 valence electrons. The second-order valence-corrected chi connectivity index (χ2v) is 3.57. The van der Waals surface area contributed by atoms with Gasteiger partial charge < -0.3 is 4.98 Å². The quantitative estimate of drug-likeness (QED) is 0.861. The van der Waals surface area contributed by atoms with Crippen molar-refractivity contribution in [1.82, 2.24) is 19.9 Å². The molecule has 0 saturated heterocycles. The van der Waals surface area contributed by atoms with E-state index in [9.17, 15) is 13.2 Å². The van der Waals surface area contributed by atoms with Crippen LogP contribution in [0.5, 0.6) is 0 Å². The molecule has 0 aliphatic rings. The number of hydrogen-bond acceptors (Lipinski definition) is 3. The van der Waals surface area contributed by atoms with Gasteiger partial charge in [0.1, 0.15) is 5.82 Å². The minimum atomic E-state index is -4.20. The predicted molar refractivity (Wildman–Crippen MR) is 50.8 cm³/mol. The molecule has 0 amide bonds. The average molecular weight is 230 g/mol. The van der Waals surface area contributed by atoms with Gasteiger partial charge in [-0.05, 0) is 0 Å². The largest absolute Gasteiger partial charge is 0.389 e. The van der Waals surface area contributed by atoms with Crippen molar-refractivity contribution in [2.45, 2.75) is 25.4 Å². The Bertz CT molecular complexity index is 458. The van der Waals surface area contributed by atoms with E-state index in [0.717, 1.165) is 0 Å². The van der Waals surface area contributed by atoms with Crippen molar-refractivity contribution in [3.05, 3.63) is 18.2 Å². The van der Waals surface area contributed by atoms with E-state index >= 15 is 0 Å². The van der Waals surface area contributed by atoms with Crippen molar-refractivity contribution in [1.29, 1.82) is 0 Å². The fourth-order valence-corrected chi connectivity index (χ4v) is 1.44. The molecule has 7 heteroatoms. The van der Waals surface area contributed by atoms with Crippen LogP contribution in [0.15, 0.2) is 12.4 Å². The molecule has 16 heavy (non-hydrogen) atoms. The van der Waals surface area contributed by atoms with Crippen LogP contribution in [0.4, 0.5) is 13.2 Å². The molecule has 2 aromatic heterocycles. The molecule has 2 rings (SSSR count). The van der Waals surface area contributed by atoms with Crippen LogP contribution >= 0.6 is 0 Å². The maximum Gasteiger partial charge on any atom is 0.389 e. The van der Waals surface area contributed by atoms with Gasteiger partial charge in [-0.2, -0.15) is 13.2 Å². The van der Waals surface area contributed by atoms with Gasteiger partial charge in [-0.1, -0.05) is 6.92 Å². The molecule has 2 aromatic rings. The Morgan fingerprint density at radius 3 is 2.62 bits per heavy atom. The molecule has 4 nitrogen and oxygen atoms in total. The lowest BCUT2D eigenvalue weighted by atomic mass is 10.1. The maximum absolute atomic E-state index is 12.2. The summed E-state index contributed by atoms with van der Waals surface area (Å²) in [5, 5.41) is 0. The number of hydrogen-bond donors (Lipinski definition) is 1. The Kier molecular flexibility index (Phi) is 2.53. The van der Waals surface area contributed by atoms with E-state index < -0.39 is 18.5 Å². The highest BCUT2D eigenvalue weighted by atomic mass is 19.4. The molecule has 2 heterocycles. The summed E-state index contributed by atoms with van der Waals surface area (Å²) in [5.74, 6) is -0.463. The number of aromatic amines is 1. The van der Waals surface area contributed by atoms with Crippen LogP contribution in [0.1, 0.15) is 25.1 Å². The summed E-state index contributed by atoms with van der Waals surface area (Å²) in [6.45, 7) is 1.46. The molecule has 0 aliphatic heterocycles. The summed E-state index contributed by atoms with van der Waals surface area (Å²) in [7, 11) is 0. The Balaban J connectivity index is 2.26. The van der Waals surface area contributed by atoms with Crippen molar-refractivity contribution < 1.29 is 13.2 Å². The third kappa shape index (κ3) is 2.29. The van der Waals surface area contributed by atoms with Gasteiger partial charge in [0.2, 0.25) is 0 Å². The molecule has 0 fully saturated rings. The van der Waals surface area contributed by atoms with Crippen LogP contribution in [0, 0.1) is 0 Å². The van der Waals surface area contributed by atoms with Gasteiger partial charge in [0, 0.05) is 18.3 Å². The number of fused-ring (bicyclic) bond motifs is 1. The van der Waals surface area contributed by atoms with Crippen molar-refractivity contribution in [2.75, 3.05) is 0 Å². The van der Waals surface area contributed by atoms with Gasteiger partial charge in [-0.25, -0.2) is 15.0 Å². The molecule has 0 radical (unpaired) electrons. The number of aromatic nitrogens is 4. The fraction of sp³-hybridized carbons (Fsp3) is 0.444. The van der Waals surface area contributed by atoms with Gasteiger partial charge in [-0.15, -0.1) is 0 Å². The van der Waals surface area contributed by atoms with Crippen LogP contribution in [0.25, 0.3) is 11.3 Å². The molecule has 1 N–H and O–H groups in total. The topological polar surface area (TPSA) is 54.5 Å². The Morgan fingerprint density at radius 2 is 2.00 bits per heavy atom. The normalized spacial score (nSPS) is 14.2. The van der Waals surface area contributed by atoms with Gasteiger partial charge >= 0.3 is 6.18 Å². The van der Waals surface area contributed by atoms with E-state index in [1.54, 1.807) is 0 Å². The number of H-pyrrole nitrogens is 1. The first-order chi connectivity index (χ1) is 7.46. The zero-order valence-corrected chi connectivity index (χ0v) is 8.41. The van der Waals surface area contributed by atoms with Gasteiger partial charge in [0.15, 0.2) is 11.3 Å². The lowest BCUT2D eigenvalue weighted by Gasteiger charge is -2.10. The van der Waals surface area contributed by atoms with Gasteiger partial charge in [-0.3, -0.25) is 0 Å². The number of imidazole rings is 1. The molecule has 1 unspecified atom stereocenters. The summed E-state index contributed by atoms with van der Waals surface area (Å²) >= 11 is 0. The van der Waals surface area contributed by atoms with Crippen molar-refractivity contribution >= 4 is 11.3 Å². The molecule has 0 aromatic carbocycles. The summed E-state index contributed by atoms with van der Waals surface area (Å²) < 4.78 is 36.5. The van der Waals surface area contributed by atoms with E-state index in [0.29, 0.717) is 11.3 Å². The van der Waals surface area contributed by atoms with E-state index in [1.807, 2.05) is 0 Å². The highest BCUT2D eigenvalue weighted by Crippen LogP contribution is 2.29. The van der Waals surface area contributed by atoms with Gasteiger partial charge in [0.05, 0.1) is 6.42 Å². The standard InChI is InChI=1S/C9H9F3N4/c1-5(4-9(10,11)12)6-15-7-8(16-6)14-3-2-13-7/h2-3,5H,4H2,1H3,(H,13,14,15,16). The molecule has 1 atom stereocenters. The summed E-state index contributed by atoms with van der Waals surface area (Å²) in [6, 6.07) is 0. The average Bonchev–Trinajstić information content (AvgIpc) is 2.58. The lowest BCUT2D eigenvalue weighted by Crippen LogP contribution is -2.12. The summed E-state index contributed by atoms with van der Waals surface area (Å²) in [4.78, 5) is 14.5. The van der Waals surface area contributed by atoms with E-state index in [1.165, 1.54) is 19.3 Å². The number of alkyl halides is 3. The van der Waals surface area contributed by atoms with E-state index in [2.05, 4.69) is 19.9 Å². The Labute approximate surface area is 88.9 Å². The first-order valence-electron chi connectivity index (χ1n) is 4.69. The van der Waals surface area contributed by atoms with Gasteiger partial charge in [0.25, 0.3) is 0 Å². The van der Waals surface area contributed by atoms with Crippen molar-refractivity contribution in [2.24, 2.45) is 0 Å². The first-order valence-corrected chi connectivity index (χ1v) is 4.69.